The molecule has 0 radical (unpaired) electrons. The second kappa shape index (κ2) is 19.5. The minimum atomic E-state index is -0.156. The smallest absolute Gasteiger partial charge is 0.249 e. The molecule has 242 valence electrons. The molecule has 1 saturated heterocycles. The van der Waals surface area contributed by atoms with Gasteiger partial charge in [0.15, 0.2) is 0 Å². The van der Waals surface area contributed by atoms with Crippen LogP contribution in [0.4, 0.5) is 0 Å². The number of hydrogen-bond acceptors (Lipinski definition) is 6. The molecule has 1 aromatic rings. The van der Waals surface area contributed by atoms with E-state index in [1.807, 2.05) is 55.2 Å². The average Bonchev–Trinajstić information content (AvgIpc) is 3.02. The Labute approximate surface area is 265 Å². The van der Waals surface area contributed by atoms with Gasteiger partial charge in [-0.25, -0.2) is 0 Å². The van der Waals surface area contributed by atoms with E-state index in [0.717, 1.165) is 50.3 Å². The molecular weight excluding hydrogens is 554 g/mol. The van der Waals surface area contributed by atoms with Crippen LogP contribution < -0.4 is 9.47 Å². The number of hydrogen-bond donors (Lipinski definition) is 0. The van der Waals surface area contributed by atoms with Crippen molar-refractivity contribution < 1.29 is 23.8 Å². The number of rotatable bonds is 17. The Morgan fingerprint density at radius 2 is 1.70 bits per heavy atom. The molecule has 2 rings (SSSR count). The van der Waals surface area contributed by atoms with Gasteiger partial charge >= 0.3 is 0 Å². The summed E-state index contributed by atoms with van der Waals surface area (Å²) >= 11 is 0. The van der Waals surface area contributed by atoms with Crippen LogP contribution in [0.2, 0.25) is 0 Å². The first-order chi connectivity index (χ1) is 21.1. The number of methoxy groups -OCH3 is 2. The molecule has 44 heavy (non-hydrogen) atoms. The molecule has 0 spiro atoms. The first kappa shape index (κ1) is 36.4. The summed E-state index contributed by atoms with van der Waals surface area (Å²) in [6.45, 7) is 11.5. The largest absolute Gasteiger partial charge is 0.497 e. The summed E-state index contributed by atoms with van der Waals surface area (Å²) in [4.78, 5) is 31.7. The highest BCUT2D eigenvalue weighted by molar-refractivity contribution is 5.98. The third-order valence-corrected chi connectivity index (χ3v) is 7.78. The molecule has 2 amide bonds. The molecule has 2 unspecified atom stereocenters. The van der Waals surface area contributed by atoms with Crippen molar-refractivity contribution in [1.82, 2.24) is 14.7 Å². The summed E-state index contributed by atoms with van der Waals surface area (Å²) < 4.78 is 16.7. The first-order valence-electron chi connectivity index (χ1n) is 15.5. The molecule has 0 N–H and O–H groups in total. The van der Waals surface area contributed by atoms with Gasteiger partial charge in [0.1, 0.15) is 11.5 Å². The van der Waals surface area contributed by atoms with Crippen LogP contribution in [0.5, 0.6) is 11.5 Å². The summed E-state index contributed by atoms with van der Waals surface area (Å²) in [5.74, 6) is 2.41. The number of carbonyl (C=O) groups is 2. The highest BCUT2D eigenvalue weighted by atomic mass is 16.5. The van der Waals surface area contributed by atoms with Crippen LogP contribution in [0.15, 0.2) is 72.8 Å². The van der Waals surface area contributed by atoms with Gasteiger partial charge in [-0.3, -0.25) is 9.59 Å². The fraction of sp³-hybridized carbons (Fsp3) is 0.500. The third kappa shape index (κ3) is 12.4. The normalized spacial score (nSPS) is 16.2. The Bertz CT molecular complexity index is 1170. The van der Waals surface area contributed by atoms with Crippen molar-refractivity contribution in [3.05, 3.63) is 78.3 Å². The molecule has 0 aromatic heterocycles. The van der Waals surface area contributed by atoms with E-state index in [1.54, 1.807) is 45.5 Å². The van der Waals surface area contributed by atoms with E-state index in [0.29, 0.717) is 36.3 Å². The van der Waals surface area contributed by atoms with Gasteiger partial charge in [-0.15, -0.1) is 6.58 Å². The van der Waals surface area contributed by atoms with Crippen LogP contribution in [0.3, 0.4) is 0 Å². The van der Waals surface area contributed by atoms with Crippen molar-refractivity contribution >= 4 is 17.9 Å². The van der Waals surface area contributed by atoms with Crippen LogP contribution in [-0.4, -0.2) is 88.1 Å². The van der Waals surface area contributed by atoms with Crippen molar-refractivity contribution in [1.29, 1.82) is 0 Å². The molecule has 2 atom stereocenters. The fourth-order valence-electron chi connectivity index (χ4n) is 5.07. The molecule has 8 heteroatoms. The molecule has 1 aliphatic rings. The number of piperazine rings is 1. The standard InChI is InChI=1S/C36H53N3O5/c1-9-13-29(17-18-35(40)39-21-19-38(6)20-22-39)15-12-23-44-28(3)14-11-16-31(10-2)34(36(41)37(4)5)26-30-24-32(42-7)27-33(25-30)43-8/h9-10,12-14,23-27,29,31H,2,11,15-22H2,1,3-8H3/b13-9-,23-12+,28-14+,34-26+. The van der Waals surface area contributed by atoms with Crippen molar-refractivity contribution in [3.8, 4) is 11.5 Å². The van der Waals surface area contributed by atoms with Crippen LogP contribution in [0.25, 0.3) is 6.08 Å². The Balaban J connectivity index is 1.96. The summed E-state index contributed by atoms with van der Waals surface area (Å²) in [6, 6.07) is 5.55. The predicted molar refractivity (Wildman–Crippen MR) is 179 cm³/mol. The second-order valence-electron chi connectivity index (χ2n) is 11.4. The van der Waals surface area contributed by atoms with E-state index in [4.69, 9.17) is 14.2 Å². The molecule has 1 aromatic carbocycles. The Morgan fingerprint density at radius 1 is 1.05 bits per heavy atom. The third-order valence-electron chi connectivity index (χ3n) is 7.78. The number of nitrogens with zero attached hydrogens (tertiary/aromatic N) is 3. The Kier molecular flexibility index (Phi) is 16.1. The molecule has 1 heterocycles. The lowest BCUT2D eigenvalue weighted by Crippen LogP contribution is -2.47. The minimum absolute atomic E-state index is 0.0718. The lowest BCUT2D eigenvalue weighted by atomic mass is 9.91. The van der Waals surface area contributed by atoms with Crippen LogP contribution >= 0.6 is 0 Å². The maximum absolute atomic E-state index is 13.2. The highest BCUT2D eigenvalue weighted by Crippen LogP contribution is 2.28. The van der Waals surface area contributed by atoms with Crippen molar-refractivity contribution in [2.45, 2.75) is 46.0 Å². The number of amides is 2. The zero-order valence-corrected chi connectivity index (χ0v) is 27.9. The molecular formula is C36H53N3O5. The van der Waals surface area contributed by atoms with E-state index in [2.05, 4.69) is 30.7 Å². The molecule has 0 aliphatic carbocycles. The van der Waals surface area contributed by atoms with E-state index >= 15 is 0 Å². The average molecular weight is 608 g/mol. The van der Waals surface area contributed by atoms with Gasteiger partial charge < -0.3 is 28.9 Å². The lowest BCUT2D eigenvalue weighted by molar-refractivity contribution is -0.133. The summed E-state index contributed by atoms with van der Waals surface area (Å²) in [7, 11) is 8.80. The molecule has 8 nitrogen and oxygen atoms in total. The predicted octanol–water partition coefficient (Wildman–Crippen LogP) is 6.33. The second-order valence-corrected chi connectivity index (χ2v) is 11.4. The Hall–Kier alpha value is -3.78. The van der Waals surface area contributed by atoms with Gasteiger partial charge in [0.05, 0.1) is 26.2 Å². The minimum Gasteiger partial charge on any atom is -0.497 e. The van der Waals surface area contributed by atoms with Gasteiger partial charge in [-0.05, 0) is 88.4 Å². The molecule has 1 fully saturated rings. The summed E-state index contributed by atoms with van der Waals surface area (Å²) in [5.41, 5.74) is 1.46. The quantitative estimate of drug-likeness (QED) is 0.117. The van der Waals surface area contributed by atoms with Gasteiger partial charge in [0.2, 0.25) is 11.8 Å². The Morgan fingerprint density at radius 3 is 2.27 bits per heavy atom. The van der Waals surface area contributed by atoms with Crippen molar-refractivity contribution in [2.24, 2.45) is 11.8 Å². The molecule has 0 bridgehead atoms. The number of ether oxygens (including phenoxy) is 3. The van der Waals surface area contributed by atoms with E-state index in [-0.39, 0.29) is 23.7 Å². The van der Waals surface area contributed by atoms with Gasteiger partial charge in [0.25, 0.3) is 0 Å². The highest BCUT2D eigenvalue weighted by Gasteiger charge is 2.21. The maximum atomic E-state index is 13.2. The maximum Gasteiger partial charge on any atom is 0.249 e. The zero-order valence-electron chi connectivity index (χ0n) is 27.9. The fourth-order valence-corrected chi connectivity index (χ4v) is 5.07. The molecule has 1 aliphatic heterocycles. The zero-order chi connectivity index (χ0) is 32.5. The van der Waals surface area contributed by atoms with Gasteiger partial charge in [-0.1, -0.05) is 18.2 Å². The van der Waals surface area contributed by atoms with E-state index in [1.165, 1.54) is 0 Å². The molecule has 0 saturated carbocycles. The first-order valence-corrected chi connectivity index (χ1v) is 15.5. The number of allylic oxidation sites excluding steroid dienone is 6. The van der Waals surface area contributed by atoms with Gasteiger partial charge in [0, 0.05) is 64.3 Å². The summed E-state index contributed by atoms with van der Waals surface area (Å²) in [6.07, 6.45) is 17.3. The van der Waals surface area contributed by atoms with Gasteiger partial charge in [-0.2, -0.15) is 0 Å². The monoisotopic (exact) mass is 607 g/mol. The van der Waals surface area contributed by atoms with E-state index < -0.39 is 0 Å². The van der Waals surface area contributed by atoms with Crippen molar-refractivity contribution in [3.63, 3.8) is 0 Å². The van der Waals surface area contributed by atoms with Crippen LogP contribution in [-0.2, 0) is 14.3 Å². The van der Waals surface area contributed by atoms with Crippen LogP contribution in [0, 0.1) is 11.8 Å². The topological polar surface area (TPSA) is 71.5 Å². The number of carbonyl (C=O) groups excluding carboxylic acids is 2. The van der Waals surface area contributed by atoms with Crippen LogP contribution in [0.1, 0.15) is 51.5 Å². The SMILES string of the molecule is C=CC(CC/C=C(\C)O/C=C/CC(/C=C\C)CCC(=O)N1CCN(C)CC1)/C(=C\c1cc(OC)cc(OC)c1)C(=O)N(C)C. The van der Waals surface area contributed by atoms with E-state index in [9.17, 15) is 9.59 Å². The lowest BCUT2D eigenvalue weighted by Gasteiger charge is -2.32. The summed E-state index contributed by atoms with van der Waals surface area (Å²) in [5, 5.41) is 0. The number of likely N-dealkylation sites (N-methyl/N-ethyl adjacent to an activating group) is 2. The number of benzene rings is 1. The van der Waals surface area contributed by atoms with Crippen molar-refractivity contribution in [2.75, 3.05) is 61.5 Å².